The molecule has 102 valence electrons. The Balaban J connectivity index is 2.07. The number of nitrogen functional groups attached to an aromatic ring is 2. The highest BCUT2D eigenvalue weighted by molar-refractivity contribution is 5.96. The van der Waals surface area contributed by atoms with Gasteiger partial charge in [0.1, 0.15) is 0 Å². The van der Waals surface area contributed by atoms with E-state index >= 15 is 0 Å². The molecule has 2 rings (SSSR count). The van der Waals surface area contributed by atoms with Gasteiger partial charge in [-0.3, -0.25) is 0 Å². The van der Waals surface area contributed by atoms with Crippen LogP contribution in [0.3, 0.4) is 0 Å². The summed E-state index contributed by atoms with van der Waals surface area (Å²) >= 11 is 0. The van der Waals surface area contributed by atoms with Crippen molar-refractivity contribution in [1.29, 1.82) is 0 Å². The van der Waals surface area contributed by atoms with Crippen LogP contribution in [0, 0.1) is 0 Å². The molecule has 0 amide bonds. The molecular weight excluding hydrogens is 232 g/mol. The molecule has 0 radical (unpaired) electrons. The summed E-state index contributed by atoms with van der Waals surface area (Å²) in [5, 5.41) is 2.26. The van der Waals surface area contributed by atoms with E-state index < -0.39 is 0 Å². The summed E-state index contributed by atoms with van der Waals surface area (Å²) in [7, 11) is 0. The largest absolute Gasteiger partial charge is 0.399 e. The zero-order valence-corrected chi connectivity index (χ0v) is 11.8. The monoisotopic (exact) mass is 256 g/mol. The highest BCUT2D eigenvalue weighted by atomic mass is 14.6. The Hall–Kier alpha value is -1.70. The quantitative estimate of drug-likeness (QED) is 0.590. The van der Waals surface area contributed by atoms with Crippen LogP contribution in [0.5, 0.6) is 0 Å². The van der Waals surface area contributed by atoms with E-state index in [4.69, 9.17) is 11.5 Å². The summed E-state index contributed by atoms with van der Waals surface area (Å²) in [4.78, 5) is 0. The minimum absolute atomic E-state index is 0.791. The number of fused-ring (bicyclic) bond motifs is 1. The number of nitrogens with two attached hydrogens (primary N) is 2. The van der Waals surface area contributed by atoms with Crippen molar-refractivity contribution in [2.75, 3.05) is 11.5 Å². The highest BCUT2D eigenvalue weighted by Crippen LogP contribution is 2.27. The molecule has 4 N–H and O–H groups in total. The molecule has 0 fully saturated rings. The summed E-state index contributed by atoms with van der Waals surface area (Å²) in [6.45, 7) is 2.24. The first-order chi connectivity index (χ1) is 9.22. The maximum atomic E-state index is 6.27. The van der Waals surface area contributed by atoms with E-state index in [-0.39, 0.29) is 0 Å². The predicted molar refractivity (Wildman–Crippen MR) is 85.2 cm³/mol. The van der Waals surface area contributed by atoms with Crippen LogP contribution < -0.4 is 11.5 Å². The molecule has 0 saturated heterocycles. The second kappa shape index (κ2) is 6.46. The fourth-order valence-corrected chi connectivity index (χ4v) is 2.55. The fourth-order valence-electron chi connectivity index (χ4n) is 2.55. The lowest BCUT2D eigenvalue weighted by atomic mass is 9.99. The van der Waals surface area contributed by atoms with Gasteiger partial charge in [-0.05, 0) is 35.9 Å². The van der Waals surface area contributed by atoms with Crippen LogP contribution in [0.15, 0.2) is 30.3 Å². The third-order valence-electron chi connectivity index (χ3n) is 3.73. The molecule has 0 spiro atoms. The maximum absolute atomic E-state index is 6.27. The number of hydrogen-bond acceptors (Lipinski definition) is 2. The first-order valence-corrected chi connectivity index (χ1v) is 7.29. The van der Waals surface area contributed by atoms with Gasteiger partial charge in [-0.25, -0.2) is 0 Å². The fraction of sp³-hybridized carbons (Fsp3) is 0.412. The Morgan fingerprint density at radius 1 is 0.895 bits per heavy atom. The van der Waals surface area contributed by atoms with Gasteiger partial charge >= 0.3 is 0 Å². The van der Waals surface area contributed by atoms with Crippen LogP contribution in [0.1, 0.15) is 44.6 Å². The van der Waals surface area contributed by atoms with Gasteiger partial charge in [0.2, 0.25) is 0 Å². The number of aryl methyl sites for hydroxylation is 1. The zero-order valence-electron chi connectivity index (χ0n) is 11.8. The summed E-state index contributed by atoms with van der Waals surface area (Å²) in [5.41, 5.74) is 15.1. The van der Waals surface area contributed by atoms with Gasteiger partial charge in [0.05, 0.1) is 0 Å². The van der Waals surface area contributed by atoms with Gasteiger partial charge in [0, 0.05) is 16.8 Å². The topological polar surface area (TPSA) is 52.0 Å². The number of rotatable bonds is 6. The van der Waals surface area contributed by atoms with Crippen molar-refractivity contribution in [1.82, 2.24) is 0 Å². The summed E-state index contributed by atoms with van der Waals surface area (Å²) in [6, 6.07) is 10.2. The van der Waals surface area contributed by atoms with Crippen LogP contribution in [-0.2, 0) is 6.42 Å². The van der Waals surface area contributed by atoms with Gasteiger partial charge in [-0.15, -0.1) is 0 Å². The van der Waals surface area contributed by atoms with Crippen molar-refractivity contribution in [3.8, 4) is 0 Å². The van der Waals surface area contributed by atoms with Gasteiger partial charge < -0.3 is 11.5 Å². The van der Waals surface area contributed by atoms with E-state index in [0.29, 0.717) is 0 Å². The van der Waals surface area contributed by atoms with Gasteiger partial charge in [-0.2, -0.15) is 0 Å². The molecule has 2 aromatic rings. The first kappa shape index (κ1) is 13.7. The molecule has 2 nitrogen and oxygen atoms in total. The van der Waals surface area contributed by atoms with Crippen molar-refractivity contribution >= 4 is 22.1 Å². The van der Waals surface area contributed by atoms with E-state index in [1.807, 2.05) is 18.2 Å². The van der Waals surface area contributed by atoms with E-state index in [1.165, 1.54) is 37.7 Å². The molecule has 0 atom stereocenters. The average molecular weight is 256 g/mol. The summed E-state index contributed by atoms with van der Waals surface area (Å²) < 4.78 is 0. The van der Waals surface area contributed by atoms with Gasteiger partial charge in [0.15, 0.2) is 0 Å². The Morgan fingerprint density at radius 2 is 1.68 bits per heavy atom. The number of anilines is 2. The molecule has 0 aliphatic carbocycles. The third-order valence-corrected chi connectivity index (χ3v) is 3.73. The van der Waals surface area contributed by atoms with Crippen molar-refractivity contribution in [3.63, 3.8) is 0 Å². The Labute approximate surface area is 115 Å². The number of hydrogen-bond donors (Lipinski definition) is 2. The molecule has 2 aromatic carbocycles. The second-order valence-corrected chi connectivity index (χ2v) is 5.28. The Morgan fingerprint density at radius 3 is 2.47 bits per heavy atom. The minimum atomic E-state index is 0.791. The SMILES string of the molecule is CCCCCCCc1ccc2cc(N)ccc2c1N. The smallest absolute Gasteiger partial charge is 0.0426 e. The zero-order chi connectivity index (χ0) is 13.7. The lowest BCUT2D eigenvalue weighted by Gasteiger charge is -2.10. The minimum Gasteiger partial charge on any atom is -0.399 e. The molecule has 19 heavy (non-hydrogen) atoms. The first-order valence-electron chi connectivity index (χ1n) is 7.29. The van der Waals surface area contributed by atoms with Crippen molar-refractivity contribution in [2.45, 2.75) is 45.4 Å². The molecule has 2 heteroatoms. The maximum Gasteiger partial charge on any atom is 0.0426 e. The van der Waals surface area contributed by atoms with E-state index in [0.717, 1.165) is 28.6 Å². The molecule has 0 bridgehead atoms. The third kappa shape index (κ3) is 3.40. The Bertz CT molecular complexity index is 546. The lowest BCUT2D eigenvalue weighted by Crippen LogP contribution is -1.96. The van der Waals surface area contributed by atoms with Crippen LogP contribution in [0.25, 0.3) is 10.8 Å². The summed E-state index contributed by atoms with van der Waals surface area (Å²) in [5.74, 6) is 0. The highest BCUT2D eigenvalue weighted by Gasteiger charge is 2.04. The standard InChI is InChI=1S/C17H24N2/c1-2-3-4-5-6-7-13-8-9-14-12-15(18)10-11-16(14)17(13)19/h8-12H,2-7,18-19H2,1H3. The molecule has 0 aromatic heterocycles. The Kier molecular flexibility index (Phi) is 4.67. The van der Waals surface area contributed by atoms with Crippen LogP contribution in [0.2, 0.25) is 0 Å². The van der Waals surface area contributed by atoms with Crippen molar-refractivity contribution in [3.05, 3.63) is 35.9 Å². The average Bonchev–Trinajstić information content (AvgIpc) is 2.41. The van der Waals surface area contributed by atoms with Gasteiger partial charge in [-0.1, -0.05) is 50.8 Å². The molecular formula is C17H24N2. The predicted octanol–water partition coefficient (Wildman–Crippen LogP) is 4.52. The van der Waals surface area contributed by atoms with Crippen LogP contribution in [-0.4, -0.2) is 0 Å². The molecule has 0 aliphatic heterocycles. The second-order valence-electron chi connectivity index (χ2n) is 5.28. The molecule has 0 saturated carbocycles. The summed E-state index contributed by atoms with van der Waals surface area (Å²) in [6.07, 6.45) is 7.57. The van der Waals surface area contributed by atoms with Crippen LogP contribution in [0.4, 0.5) is 11.4 Å². The van der Waals surface area contributed by atoms with E-state index in [2.05, 4.69) is 19.1 Å². The molecule has 0 heterocycles. The lowest BCUT2D eigenvalue weighted by molar-refractivity contribution is 0.633. The number of benzene rings is 2. The molecule has 0 unspecified atom stereocenters. The van der Waals surface area contributed by atoms with Crippen LogP contribution >= 0.6 is 0 Å². The van der Waals surface area contributed by atoms with E-state index in [9.17, 15) is 0 Å². The van der Waals surface area contributed by atoms with Gasteiger partial charge in [0.25, 0.3) is 0 Å². The van der Waals surface area contributed by atoms with Crippen molar-refractivity contribution in [2.24, 2.45) is 0 Å². The van der Waals surface area contributed by atoms with Crippen molar-refractivity contribution < 1.29 is 0 Å². The number of unbranched alkanes of at least 4 members (excludes halogenated alkanes) is 4. The molecule has 0 aliphatic rings. The van der Waals surface area contributed by atoms with E-state index in [1.54, 1.807) is 0 Å². The normalized spacial score (nSPS) is 11.0.